The highest BCUT2D eigenvalue weighted by Crippen LogP contribution is 2.25. The van der Waals surface area contributed by atoms with Gasteiger partial charge in [0.05, 0.1) is 5.57 Å². The Balaban J connectivity index is 2.11. The van der Waals surface area contributed by atoms with Crippen molar-refractivity contribution in [2.75, 3.05) is 0 Å². The average Bonchev–Trinajstić information content (AvgIpc) is 2.52. The zero-order chi connectivity index (χ0) is 17.0. The van der Waals surface area contributed by atoms with Crippen molar-refractivity contribution in [3.8, 4) is 0 Å². The third-order valence-corrected chi connectivity index (χ3v) is 3.55. The number of nitrogens with one attached hydrogen (secondary N) is 1. The maximum Gasteiger partial charge on any atom is 0.454 e. The van der Waals surface area contributed by atoms with Crippen molar-refractivity contribution < 1.29 is 22.8 Å². The smallest absolute Gasteiger partial charge is 0.348 e. The van der Waals surface area contributed by atoms with E-state index < -0.39 is 23.4 Å². The number of carbonyl (C=O) groups excluding carboxylic acids is 2. The van der Waals surface area contributed by atoms with E-state index in [1.165, 1.54) is 0 Å². The van der Waals surface area contributed by atoms with Crippen LogP contribution < -0.4 is 5.32 Å². The van der Waals surface area contributed by atoms with E-state index in [1.54, 1.807) is 24.3 Å². The summed E-state index contributed by atoms with van der Waals surface area (Å²) in [6.07, 6.45) is -3.03. The van der Waals surface area contributed by atoms with Crippen molar-refractivity contribution in [1.82, 2.24) is 5.32 Å². The number of allylic oxidation sites excluding steroid dienone is 3. The minimum atomic E-state index is -4.98. The summed E-state index contributed by atoms with van der Waals surface area (Å²) in [5, 5.41) is 2.58. The largest absolute Gasteiger partial charge is 0.454 e. The average molecular weight is 339 g/mol. The second-order valence-corrected chi connectivity index (χ2v) is 5.33. The summed E-state index contributed by atoms with van der Waals surface area (Å²) < 4.78 is 37.4. The summed E-state index contributed by atoms with van der Waals surface area (Å²) in [4.78, 5) is 23.6. The molecular weight excluding hydrogens is 327 g/mol. The number of alkyl halides is 3. The van der Waals surface area contributed by atoms with E-state index in [1.807, 2.05) is 6.07 Å². The van der Waals surface area contributed by atoms with Crippen molar-refractivity contribution in [3.63, 3.8) is 0 Å². The van der Waals surface area contributed by atoms with Crippen LogP contribution in [0.3, 0.4) is 0 Å². The molecule has 0 aromatic heterocycles. The highest BCUT2D eigenvalue weighted by molar-refractivity contribution is 7.81. The molecule has 0 bridgehead atoms. The molecule has 23 heavy (non-hydrogen) atoms. The number of hydrogen-bond donors (Lipinski definition) is 1. The van der Waals surface area contributed by atoms with E-state index in [2.05, 4.69) is 5.32 Å². The molecule has 1 aromatic carbocycles. The first-order chi connectivity index (χ1) is 10.8. The Morgan fingerprint density at radius 2 is 1.83 bits per heavy atom. The lowest BCUT2D eigenvalue weighted by Gasteiger charge is -2.15. The second-order valence-electron chi connectivity index (χ2n) is 4.84. The summed E-state index contributed by atoms with van der Waals surface area (Å²) >= 11 is 5.00. The lowest BCUT2D eigenvalue weighted by molar-refractivity contribution is -0.166. The molecule has 0 spiro atoms. The van der Waals surface area contributed by atoms with E-state index in [9.17, 15) is 22.8 Å². The zero-order valence-electron chi connectivity index (χ0n) is 11.8. The van der Waals surface area contributed by atoms with Gasteiger partial charge in [0, 0.05) is 23.4 Å². The Morgan fingerprint density at radius 1 is 1.17 bits per heavy atom. The number of carbonyl (C=O) groups is 2. The van der Waals surface area contributed by atoms with Gasteiger partial charge < -0.3 is 5.32 Å². The molecular formula is C16H12F3NO2S. The monoisotopic (exact) mass is 339 g/mol. The zero-order valence-corrected chi connectivity index (χ0v) is 12.6. The fourth-order valence-electron chi connectivity index (χ4n) is 2.00. The SMILES string of the molecule is O=C(NCc1ccccc1)C1=CC(C(=O)C(F)(F)F)=CCC1=S. The van der Waals surface area contributed by atoms with Crippen LogP contribution in [0.1, 0.15) is 12.0 Å². The first-order valence-electron chi connectivity index (χ1n) is 6.67. The van der Waals surface area contributed by atoms with Crippen LogP contribution in [-0.2, 0) is 16.1 Å². The Morgan fingerprint density at radius 3 is 2.43 bits per heavy atom. The van der Waals surface area contributed by atoms with Gasteiger partial charge in [0.25, 0.3) is 11.7 Å². The molecule has 7 heteroatoms. The molecule has 0 saturated heterocycles. The van der Waals surface area contributed by atoms with Gasteiger partial charge in [0.2, 0.25) is 0 Å². The van der Waals surface area contributed by atoms with Crippen molar-refractivity contribution in [1.29, 1.82) is 0 Å². The summed E-state index contributed by atoms with van der Waals surface area (Å²) in [6, 6.07) is 9.02. The van der Waals surface area contributed by atoms with Gasteiger partial charge in [-0.05, 0) is 11.6 Å². The first kappa shape index (κ1) is 17.1. The summed E-state index contributed by atoms with van der Waals surface area (Å²) in [6.45, 7) is 0.214. The second kappa shape index (κ2) is 6.87. The number of Topliss-reactive ketones (excluding diaryl/α,β-unsaturated/α-hetero) is 1. The molecule has 3 nitrogen and oxygen atoms in total. The Hall–Kier alpha value is -2.28. The number of ketones is 1. The quantitative estimate of drug-likeness (QED) is 0.858. The predicted octanol–water partition coefficient (Wildman–Crippen LogP) is 3.06. The van der Waals surface area contributed by atoms with Crippen LogP contribution in [0.2, 0.25) is 0 Å². The Bertz CT molecular complexity index is 706. The highest BCUT2D eigenvalue weighted by atomic mass is 32.1. The molecule has 0 aliphatic heterocycles. The van der Waals surface area contributed by atoms with Crippen LogP contribution in [-0.4, -0.2) is 22.7 Å². The van der Waals surface area contributed by atoms with Crippen molar-refractivity contribution in [2.24, 2.45) is 0 Å². The molecule has 0 fully saturated rings. The van der Waals surface area contributed by atoms with E-state index in [0.29, 0.717) is 0 Å². The van der Waals surface area contributed by atoms with Crippen LogP contribution in [0, 0.1) is 0 Å². The molecule has 2 rings (SSSR count). The molecule has 120 valence electrons. The fourth-order valence-corrected chi connectivity index (χ4v) is 2.23. The molecule has 1 aliphatic rings. The number of amides is 1. The van der Waals surface area contributed by atoms with Crippen LogP contribution in [0.15, 0.2) is 53.6 Å². The third kappa shape index (κ3) is 4.35. The van der Waals surface area contributed by atoms with Gasteiger partial charge >= 0.3 is 6.18 Å². The molecule has 1 N–H and O–H groups in total. The topological polar surface area (TPSA) is 46.2 Å². The summed E-state index contributed by atoms with van der Waals surface area (Å²) in [5.74, 6) is -2.58. The fraction of sp³-hybridized carbons (Fsp3) is 0.188. The van der Waals surface area contributed by atoms with Gasteiger partial charge in [-0.15, -0.1) is 0 Å². The molecule has 0 unspecified atom stereocenters. The van der Waals surface area contributed by atoms with Gasteiger partial charge in [-0.2, -0.15) is 13.2 Å². The minimum Gasteiger partial charge on any atom is -0.348 e. The molecule has 0 atom stereocenters. The van der Waals surface area contributed by atoms with E-state index in [-0.39, 0.29) is 23.4 Å². The van der Waals surface area contributed by atoms with Crippen molar-refractivity contribution in [2.45, 2.75) is 19.1 Å². The number of benzene rings is 1. The lowest BCUT2D eigenvalue weighted by Crippen LogP contribution is -2.30. The first-order valence-corrected chi connectivity index (χ1v) is 7.08. The van der Waals surface area contributed by atoms with Gasteiger partial charge in [-0.1, -0.05) is 48.6 Å². The van der Waals surface area contributed by atoms with Gasteiger partial charge in [-0.25, -0.2) is 0 Å². The van der Waals surface area contributed by atoms with E-state index in [0.717, 1.165) is 17.7 Å². The van der Waals surface area contributed by atoms with Gasteiger partial charge in [-0.3, -0.25) is 9.59 Å². The lowest BCUT2D eigenvalue weighted by atomic mass is 9.96. The molecule has 1 amide bonds. The number of hydrogen-bond acceptors (Lipinski definition) is 3. The number of rotatable bonds is 4. The summed E-state index contributed by atoms with van der Waals surface area (Å²) in [5.41, 5.74) is 0.201. The Labute approximate surface area is 135 Å². The Kier molecular flexibility index (Phi) is 5.10. The maximum atomic E-state index is 12.5. The van der Waals surface area contributed by atoms with Gasteiger partial charge in [0.15, 0.2) is 0 Å². The predicted molar refractivity (Wildman–Crippen MR) is 82.7 cm³/mol. The molecule has 1 aliphatic carbocycles. The molecule has 0 radical (unpaired) electrons. The van der Waals surface area contributed by atoms with E-state index >= 15 is 0 Å². The van der Waals surface area contributed by atoms with Crippen LogP contribution in [0.4, 0.5) is 13.2 Å². The van der Waals surface area contributed by atoms with Crippen molar-refractivity contribution >= 4 is 28.8 Å². The number of thiocarbonyl (C=S) groups is 1. The number of halogens is 3. The minimum absolute atomic E-state index is 0.0446. The standard InChI is InChI=1S/C16H12F3NO2S/c17-16(18,19)14(21)11-6-7-13(23)12(8-11)15(22)20-9-10-4-2-1-3-5-10/h1-6,8H,7,9H2,(H,20,22). The third-order valence-electron chi connectivity index (χ3n) is 3.17. The molecule has 0 saturated carbocycles. The van der Waals surface area contributed by atoms with Crippen LogP contribution in [0.5, 0.6) is 0 Å². The van der Waals surface area contributed by atoms with Crippen LogP contribution >= 0.6 is 12.2 Å². The van der Waals surface area contributed by atoms with Crippen LogP contribution in [0.25, 0.3) is 0 Å². The normalized spacial score (nSPS) is 14.8. The van der Waals surface area contributed by atoms with Gasteiger partial charge in [0.1, 0.15) is 0 Å². The molecule has 0 heterocycles. The maximum absolute atomic E-state index is 12.5. The van der Waals surface area contributed by atoms with E-state index in [4.69, 9.17) is 12.2 Å². The summed E-state index contributed by atoms with van der Waals surface area (Å²) in [7, 11) is 0. The molecule has 1 aromatic rings. The van der Waals surface area contributed by atoms with Crippen molar-refractivity contribution in [3.05, 3.63) is 59.2 Å². The highest BCUT2D eigenvalue weighted by Gasteiger charge is 2.40.